The summed E-state index contributed by atoms with van der Waals surface area (Å²) in [6.45, 7) is 4.40. The van der Waals surface area contributed by atoms with Gasteiger partial charge in [-0.3, -0.25) is 3.93 Å². The highest BCUT2D eigenvalue weighted by Gasteiger charge is 2.15. The Labute approximate surface area is 173 Å². The van der Waals surface area contributed by atoms with Gasteiger partial charge < -0.3 is 5.73 Å². The first-order valence-corrected chi connectivity index (χ1v) is 9.92. The fourth-order valence-corrected chi connectivity index (χ4v) is 3.71. The van der Waals surface area contributed by atoms with Crippen LogP contribution in [-0.2, 0) is 0 Å². The zero-order chi connectivity index (χ0) is 19.7. The zero-order valence-electron chi connectivity index (χ0n) is 15.8. The van der Waals surface area contributed by atoms with Crippen molar-refractivity contribution in [1.82, 2.24) is 9.97 Å². The molecule has 4 rings (SSSR count). The second-order valence-corrected chi connectivity index (χ2v) is 7.74. The standard InChI is InChI=1S/C23H21BrN4/c1-15(2)16-8-10-17(11-9-16)18-12-13-21-20(14-18)22(27-23(25)26-21)28(24)19-6-4-3-5-7-19/h3-15H,1-2H3,(H2,25,26,27). The number of hydrogen-bond acceptors (Lipinski definition) is 4. The van der Waals surface area contributed by atoms with E-state index in [4.69, 9.17) is 5.73 Å². The van der Waals surface area contributed by atoms with Crippen LogP contribution in [0.15, 0.2) is 72.8 Å². The normalized spacial score (nSPS) is 11.1. The van der Waals surface area contributed by atoms with E-state index in [-0.39, 0.29) is 5.95 Å². The van der Waals surface area contributed by atoms with E-state index < -0.39 is 0 Å². The van der Waals surface area contributed by atoms with Gasteiger partial charge in [0.15, 0.2) is 5.82 Å². The van der Waals surface area contributed by atoms with Crippen molar-refractivity contribution in [3.63, 3.8) is 0 Å². The lowest BCUT2D eigenvalue weighted by Crippen LogP contribution is -2.07. The molecule has 0 spiro atoms. The van der Waals surface area contributed by atoms with Crippen molar-refractivity contribution in [3.8, 4) is 11.1 Å². The SMILES string of the molecule is CC(C)c1ccc(-c2ccc3nc(N)nc(N(Br)c4ccccc4)c3c2)cc1. The molecular formula is C23H21BrN4. The van der Waals surface area contributed by atoms with E-state index in [9.17, 15) is 0 Å². The van der Waals surface area contributed by atoms with E-state index in [1.54, 1.807) is 0 Å². The van der Waals surface area contributed by atoms with E-state index in [1.165, 1.54) is 5.56 Å². The number of nitrogens with zero attached hydrogens (tertiary/aromatic N) is 3. The molecule has 4 aromatic rings. The largest absolute Gasteiger partial charge is 0.368 e. The van der Waals surface area contributed by atoms with Crippen LogP contribution < -0.4 is 9.66 Å². The molecule has 0 aliphatic heterocycles. The third-order valence-corrected chi connectivity index (χ3v) is 5.52. The molecule has 0 aliphatic carbocycles. The highest BCUT2D eigenvalue weighted by Crippen LogP contribution is 2.35. The predicted octanol–water partition coefficient (Wildman–Crippen LogP) is 6.45. The average molecular weight is 433 g/mol. The van der Waals surface area contributed by atoms with Crippen molar-refractivity contribution in [3.05, 3.63) is 78.4 Å². The molecule has 28 heavy (non-hydrogen) atoms. The van der Waals surface area contributed by atoms with Gasteiger partial charge in [-0.15, -0.1) is 0 Å². The fraction of sp³-hybridized carbons (Fsp3) is 0.130. The lowest BCUT2D eigenvalue weighted by molar-refractivity contribution is 0.867. The van der Waals surface area contributed by atoms with Gasteiger partial charge in [0.25, 0.3) is 0 Å². The summed E-state index contributed by atoms with van der Waals surface area (Å²) in [7, 11) is 0. The highest BCUT2D eigenvalue weighted by atomic mass is 79.9. The van der Waals surface area contributed by atoms with Crippen LogP contribution in [0.25, 0.3) is 22.0 Å². The monoisotopic (exact) mass is 432 g/mol. The molecule has 1 heterocycles. The molecular weight excluding hydrogens is 412 g/mol. The summed E-state index contributed by atoms with van der Waals surface area (Å²) in [6, 6.07) is 24.8. The Balaban J connectivity index is 1.83. The van der Waals surface area contributed by atoms with E-state index >= 15 is 0 Å². The number of anilines is 3. The molecule has 0 amide bonds. The molecule has 5 heteroatoms. The van der Waals surface area contributed by atoms with Crippen LogP contribution >= 0.6 is 16.1 Å². The number of para-hydroxylation sites is 1. The van der Waals surface area contributed by atoms with Crippen LogP contribution in [0.2, 0.25) is 0 Å². The molecule has 0 radical (unpaired) electrons. The van der Waals surface area contributed by atoms with Crippen molar-refractivity contribution in [2.75, 3.05) is 9.66 Å². The Morgan fingerprint density at radius 2 is 1.54 bits per heavy atom. The lowest BCUT2D eigenvalue weighted by atomic mass is 9.98. The van der Waals surface area contributed by atoms with Gasteiger partial charge in [-0.25, -0.2) is 4.98 Å². The third-order valence-electron chi connectivity index (χ3n) is 4.77. The van der Waals surface area contributed by atoms with Gasteiger partial charge in [0.2, 0.25) is 5.95 Å². The number of rotatable bonds is 4. The van der Waals surface area contributed by atoms with Crippen molar-refractivity contribution in [1.29, 1.82) is 0 Å². The first kappa shape index (κ1) is 18.4. The molecule has 4 nitrogen and oxygen atoms in total. The smallest absolute Gasteiger partial charge is 0.222 e. The summed E-state index contributed by atoms with van der Waals surface area (Å²) in [5, 5.41) is 0.931. The Bertz CT molecular complexity index is 1110. The number of benzene rings is 3. The van der Waals surface area contributed by atoms with Crippen LogP contribution in [-0.4, -0.2) is 9.97 Å². The van der Waals surface area contributed by atoms with E-state index in [1.807, 2.05) is 40.3 Å². The number of aromatic nitrogens is 2. The maximum atomic E-state index is 5.96. The maximum absolute atomic E-state index is 5.96. The molecule has 2 N–H and O–H groups in total. The van der Waals surface area contributed by atoms with Gasteiger partial charge in [-0.05, 0) is 46.9 Å². The molecule has 0 saturated heterocycles. The Hall–Kier alpha value is -2.92. The van der Waals surface area contributed by atoms with Crippen molar-refractivity contribution in [2.24, 2.45) is 0 Å². The summed E-state index contributed by atoms with van der Waals surface area (Å²) >= 11 is 3.64. The van der Waals surface area contributed by atoms with Crippen LogP contribution in [0, 0.1) is 0 Å². The minimum Gasteiger partial charge on any atom is -0.368 e. The van der Waals surface area contributed by atoms with E-state index in [0.29, 0.717) is 11.7 Å². The molecule has 3 aromatic carbocycles. The summed E-state index contributed by atoms with van der Waals surface area (Å²) in [5.41, 5.74) is 11.4. The van der Waals surface area contributed by atoms with Gasteiger partial charge >= 0.3 is 0 Å². The Kier molecular flexibility index (Phi) is 5.01. The van der Waals surface area contributed by atoms with Gasteiger partial charge in [0.1, 0.15) is 0 Å². The molecule has 0 fully saturated rings. The topological polar surface area (TPSA) is 55.0 Å². The second kappa shape index (κ2) is 7.60. The lowest BCUT2D eigenvalue weighted by Gasteiger charge is -2.18. The molecule has 0 unspecified atom stereocenters. The van der Waals surface area contributed by atoms with Crippen LogP contribution in [0.5, 0.6) is 0 Å². The van der Waals surface area contributed by atoms with Gasteiger partial charge in [-0.2, -0.15) is 4.98 Å². The van der Waals surface area contributed by atoms with Gasteiger partial charge in [-0.1, -0.05) is 62.4 Å². The number of hydrogen-bond donors (Lipinski definition) is 1. The number of fused-ring (bicyclic) bond motifs is 1. The molecule has 0 atom stereocenters. The summed E-state index contributed by atoms with van der Waals surface area (Å²) < 4.78 is 1.86. The summed E-state index contributed by atoms with van der Waals surface area (Å²) in [4.78, 5) is 8.90. The quantitative estimate of drug-likeness (QED) is 0.376. The van der Waals surface area contributed by atoms with Crippen LogP contribution in [0.1, 0.15) is 25.3 Å². The first-order chi connectivity index (χ1) is 13.5. The molecule has 0 saturated carbocycles. The fourth-order valence-electron chi connectivity index (χ4n) is 3.20. The molecule has 1 aromatic heterocycles. The molecule has 0 bridgehead atoms. The summed E-state index contributed by atoms with van der Waals surface area (Å²) in [6.07, 6.45) is 0. The Morgan fingerprint density at radius 3 is 2.21 bits per heavy atom. The highest BCUT2D eigenvalue weighted by molar-refractivity contribution is 9.10. The van der Waals surface area contributed by atoms with Crippen molar-refractivity contribution >= 4 is 44.5 Å². The van der Waals surface area contributed by atoms with Gasteiger partial charge in [0, 0.05) is 5.39 Å². The number of nitrogens with two attached hydrogens (primary N) is 1. The first-order valence-electron chi connectivity index (χ1n) is 9.21. The minimum absolute atomic E-state index is 0.247. The Morgan fingerprint density at radius 1 is 0.857 bits per heavy atom. The van der Waals surface area contributed by atoms with Gasteiger partial charge in [0.05, 0.1) is 27.4 Å². The second-order valence-electron chi connectivity index (χ2n) is 7.03. The average Bonchev–Trinajstić information content (AvgIpc) is 2.73. The van der Waals surface area contributed by atoms with Crippen LogP contribution in [0.4, 0.5) is 17.5 Å². The van der Waals surface area contributed by atoms with E-state index in [2.05, 4.69) is 76.4 Å². The maximum Gasteiger partial charge on any atom is 0.222 e. The summed E-state index contributed by atoms with van der Waals surface area (Å²) in [5.74, 6) is 1.48. The predicted molar refractivity (Wildman–Crippen MR) is 121 cm³/mol. The van der Waals surface area contributed by atoms with Crippen molar-refractivity contribution in [2.45, 2.75) is 19.8 Å². The molecule has 0 aliphatic rings. The van der Waals surface area contributed by atoms with E-state index in [0.717, 1.165) is 27.7 Å². The third kappa shape index (κ3) is 3.58. The van der Waals surface area contributed by atoms with Crippen LogP contribution in [0.3, 0.4) is 0 Å². The minimum atomic E-state index is 0.247. The van der Waals surface area contributed by atoms with Crippen molar-refractivity contribution < 1.29 is 0 Å². The number of halogens is 1. The number of nitrogen functional groups attached to an aromatic ring is 1. The molecule has 140 valence electrons. The zero-order valence-corrected chi connectivity index (χ0v) is 17.4.